The molecule has 23 heavy (non-hydrogen) atoms. The van der Waals surface area contributed by atoms with E-state index in [-0.39, 0.29) is 5.78 Å². The van der Waals surface area contributed by atoms with Crippen molar-refractivity contribution < 1.29 is 9.21 Å². The van der Waals surface area contributed by atoms with Crippen LogP contribution in [0.3, 0.4) is 0 Å². The molecule has 1 aromatic heterocycles. The fourth-order valence-corrected chi connectivity index (χ4v) is 4.12. The van der Waals surface area contributed by atoms with Gasteiger partial charge in [-0.2, -0.15) is 0 Å². The molecular weight excluding hydrogens is 286 g/mol. The second kappa shape index (κ2) is 6.32. The Kier molecular flexibility index (Phi) is 4.04. The Morgan fingerprint density at radius 2 is 1.83 bits per heavy atom. The van der Waals surface area contributed by atoms with E-state index in [1.165, 1.54) is 18.4 Å². The predicted octanol–water partition coefficient (Wildman–Crippen LogP) is 3.90. The van der Waals surface area contributed by atoms with Crippen LogP contribution < -0.4 is 0 Å². The zero-order valence-electron chi connectivity index (χ0n) is 13.4. The maximum absolute atomic E-state index is 12.2. The average Bonchev–Trinajstić information content (AvgIpc) is 3.05. The van der Waals surface area contributed by atoms with E-state index in [4.69, 9.17) is 4.42 Å². The summed E-state index contributed by atoms with van der Waals surface area (Å²) in [7, 11) is 0. The summed E-state index contributed by atoms with van der Waals surface area (Å²) in [5.41, 5.74) is 2.28. The number of carbonyl (C=O) groups is 1. The van der Waals surface area contributed by atoms with Gasteiger partial charge in [0.15, 0.2) is 5.78 Å². The van der Waals surface area contributed by atoms with E-state index in [1.807, 2.05) is 6.07 Å². The maximum Gasteiger partial charge on any atom is 0.166 e. The highest BCUT2D eigenvalue weighted by molar-refractivity contribution is 5.98. The van der Waals surface area contributed by atoms with Crippen molar-refractivity contribution in [3.8, 4) is 0 Å². The molecule has 0 saturated carbocycles. The first-order chi connectivity index (χ1) is 11.3. The van der Waals surface area contributed by atoms with Crippen LogP contribution in [-0.2, 0) is 6.42 Å². The first kappa shape index (κ1) is 14.7. The summed E-state index contributed by atoms with van der Waals surface area (Å²) >= 11 is 0. The molecule has 4 rings (SSSR count). The number of benzene rings is 1. The topological polar surface area (TPSA) is 33.5 Å². The number of furan rings is 1. The van der Waals surface area contributed by atoms with Crippen LogP contribution in [0.15, 0.2) is 47.1 Å². The summed E-state index contributed by atoms with van der Waals surface area (Å²) in [6.07, 6.45) is 5.67. The van der Waals surface area contributed by atoms with Gasteiger partial charge in [-0.1, -0.05) is 30.3 Å². The molecule has 1 atom stereocenters. The van der Waals surface area contributed by atoms with E-state index in [1.54, 1.807) is 6.26 Å². The minimum absolute atomic E-state index is 0.254. The van der Waals surface area contributed by atoms with Gasteiger partial charge in [0.1, 0.15) is 5.76 Å². The number of nitrogens with zero attached hydrogens (tertiary/aromatic N) is 1. The first-order valence-corrected chi connectivity index (χ1v) is 8.66. The third kappa shape index (κ3) is 3.11. The fraction of sp³-hybridized carbons (Fsp3) is 0.450. The number of fused-ring (bicyclic) bond motifs is 1. The van der Waals surface area contributed by atoms with Crippen molar-refractivity contribution in [2.45, 2.75) is 31.6 Å². The summed E-state index contributed by atoms with van der Waals surface area (Å²) in [4.78, 5) is 14.7. The summed E-state index contributed by atoms with van der Waals surface area (Å²) in [6.45, 7) is 3.29. The molecule has 1 aliphatic heterocycles. The van der Waals surface area contributed by atoms with Crippen molar-refractivity contribution in [3.05, 3.63) is 59.5 Å². The molecule has 0 amide bonds. The van der Waals surface area contributed by atoms with E-state index in [0.717, 1.165) is 37.4 Å². The van der Waals surface area contributed by atoms with Crippen molar-refractivity contribution in [2.24, 2.45) is 5.92 Å². The lowest BCUT2D eigenvalue weighted by molar-refractivity contribution is 0.0914. The highest BCUT2D eigenvalue weighted by Crippen LogP contribution is 2.31. The molecule has 1 unspecified atom stereocenters. The standard InChI is InChI=1S/C20H23NO2/c22-19-12-15(13-20-18(19)8-11-23-20)14-21-9-6-17(7-10-21)16-4-2-1-3-5-16/h1-5,8,11,15,17H,6-7,9-10,12-14H2. The van der Waals surface area contributed by atoms with Crippen molar-refractivity contribution in [2.75, 3.05) is 19.6 Å². The Balaban J connectivity index is 1.33. The molecule has 1 aliphatic carbocycles. The van der Waals surface area contributed by atoms with Crippen molar-refractivity contribution in [1.82, 2.24) is 4.90 Å². The van der Waals surface area contributed by atoms with Crippen LogP contribution >= 0.6 is 0 Å². The predicted molar refractivity (Wildman–Crippen MR) is 89.7 cm³/mol. The number of Topliss-reactive ketones (excluding diaryl/α,β-unsaturated/α-hetero) is 1. The van der Waals surface area contributed by atoms with Crippen LogP contribution in [0.1, 0.15) is 46.9 Å². The molecule has 1 aromatic carbocycles. The largest absolute Gasteiger partial charge is 0.469 e. The van der Waals surface area contributed by atoms with Crippen molar-refractivity contribution in [3.63, 3.8) is 0 Å². The highest BCUT2D eigenvalue weighted by atomic mass is 16.3. The zero-order valence-corrected chi connectivity index (χ0v) is 13.4. The third-order valence-electron chi connectivity index (χ3n) is 5.37. The smallest absolute Gasteiger partial charge is 0.166 e. The summed E-state index contributed by atoms with van der Waals surface area (Å²) in [5, 5.41) is 0. The van der Waals surface area contributed by atoms with E-state index in [0.29, 0.717) is 18.3 Å². The molecular formula is C20H23NO2. The van der Waals surface area contributed by atoms with Crippen LogP contribution in [0.5, 0.6) is 0 Å². The van der Waals surface area contributed by atoms with Crippen LogP contribution in [0.2, 0.25) is 0 Å². The first-order valence-electron chi connectivity index (χ1n) is 8.66. The summed E-state index contributed by atoms with van der Waals surface area (Å²) < 4.78 is 5.48. The number of likely N-dealkylation sites (tertiary alicyclic amines) is 1. The lowest BCUT2D eigenvalue weighted by atomic mass is 9.85. The number of piperidine rings is 1. The second-order valence-electron chi connectivity index (χ2n) is 6.94. The minimum atomic E-state index is 0.254. The third-order valence-corrected chi connectivity index (χ3v) is 5.37. The molecule has 3 heteroatoms. The van der Waals surface area contributed by atoms with Gasteiger partial charge >= 0.3 is 0 Å². The van der Waals surface area contributed by atoms with Gasteiger partial charge < -0.3 is 9.32 Å². The Labute approximate surface area is 137 Å². The van der Waals surface area contributed by atoms with E-state index < -0.39 is 0 Å². The number of rotatable bonds is 3. The van der Waals surface area contributed by atoms with Crippen LogP contribution in [0, 0.1) is 5.92 Å². The molecule has 0 radical (unpaired) electrons. The van der Waals surface area contributed by atoms with Gasteiger partial charge in [0.2, 0.25) is 0 Å². The number of hydrogen-bond donors (Lipinski definition) is 0. The Morgan fingerprint density at radius 1 is 1.04 bits per heavy atom. The van der Waals surface area contributed by atoms with Gasteiger partial charge in [-0.15, -0.1) is 0 Å². The Morgan fingerprint density at radius 3 is 2.61 bits per heavy atom. The normalized spacial score (nSPS) is 23.0. The number of ketones is 1. The van der Waals surface area contributed by atoms with Crippen LogP contribution in [-0.4, -0.2) is 30.3 Å². The van der Waals surface area contributed by atoms with Gasteiger partial charge in [-0.3, -0.25) is 4.79 Å². The molecule has 0 bridgehead atoms. The van der Waals surface area contributed by atoms with Gasteiger partial charge in [0.05, 0.1) is 11.8 Å². The molecule has 120 valence electrons. The van der Waals surface area contributed by atoms with E-state index in [9.17, 15) is 4.79 Å². The van der Waals surface area contributed by atoms with Crippen molar-refractivity contribution >= 4 is 5.78 Å². The van der Waals surface area contributed by atoms with Crippen LogP contribution in [0.25, 0.3) is 0 Å². The summed E-state index contributed by atoms with van der Waals surface area (Å²) in [6, 6.07) is 12.7. The zero-order chi connectivity index (χ0) is 15.6. The molecule has 1 saturated heterocycles. The van der Waals surface area contributed by atoms with Gasteiger partial charge in [0.25, 0.3) is 0 Å². The molecule has 1 fully saturated rings. The number of carbonyl (C=O) groups excluding carboxylic acids is 1. The molecule has 2 aliphatic rings. The Hall–Kier alpha value is -1.87. The number of hydrogen-bond acceptors (Lipinski definition) is 3. The van der Waals surface area contributed by atoms with Crippen LogP contribution in [0.4, 0.5) is 0 Å². The summed E-state index contributed by atoms with van der Waals surface area (Å²) in [5.74, 6) is 2.25. The lowest BCUT2D eigenvalue weighted by Gasteiger charge is -2.35. The lowest BCUT2D eigenvalue weighted by Crippen LogP contribution is -2.38. The van der Waals surface area contributed by atoms with E-state index in [2.05, 4.69) is 35.2 Å². The van der Waals surface area contributed by atoms with Gasteiger partial charge in [0, 0.05) is 19.4 Å². The Bertz CT molecular complexity index is 668. The molecule has 0 spiro atoms. The molecule has 2 heterocycles. The van der Waals surface area contributed by atoms with Gasteiger partial charge in [-0.25, -0.2) is 0 Å². The molecule has 2 aromatic rings. The molecule has 0 N–H and O–H groups in total. The molecule has 3 nitrogen and oxygen atoms in total. The average molecular weight is 309 g/mol. The monoisotopic (exact) mass is 309 g/mol. The van der Waals surface area contributed by atoms with Gasteiger partial charge in [-0.05, 0) is 49.4 Å². The minimum Gasteiger partial charge on any atom is -0.469 e. The SMILES string of the molecule is O=C1CC(CN2CCC(c3ccccc3)CC2)Cc2occc21. The van der Waals surface area contributed by atoms with E-state index >= 15 is 0 Å². The second-order valence-corrected chi connectivity index (χ2v) is 6.94. The van der Waals surface area contributed by atoms with Crippen molar-refractivity contribution in [1.29, 1.82) is 0 Å². The highest BCUT2D eigenvalue weighted by Gasteiger charge is 2.30. The maximum atomic E-state index is 12.2. The fourth-order valence-electron chi connectivity index (χ4n) is 4.12. The quantitative estimate of drug-likeness (QED) is 0.862.